The monoisotopic (exact) mass is 335 g/mol. The predicted octanol–water partition coefficient (Wildman–Crippen LogP) is 5.38. The van der Waals surface area contributed by atoms with Crippen LogP contribution in [0.25, 0.3) is 22.2 Å². The largest absolute Gasteiger partial charge is 0.497 e. The molecular weight excluding hydrogens is 322 g/mol. The van der Waals surface area contributed by atoms with E-state index < -0.39 is 17.6 Å². The minimum atomic E-state index is -4.85. The summed E-state index contributed by atoms with van der Waals surface area (Å²) in [6, 6.07) is 10.5. The maximum absolute atomic E-state index is 14.7. The molecule has 0 fully saturated rings. The van der Waals surface area contributed by atoms with E-state index in [-0.39, 0.29) is 22.3 Å². The summed E-state index contributed by atoms with van der Waals surface area (Å²) in [5.41, 5.74) is -0.385. The van der Waals surface area contributed by atoms with Crippen LogP contribution in [0.15, 0.2) is 42.5 Å². The van der Waals surface area contributed by atoms with Gasteiger partial charge in [0.2, 0.25) is 0 Å². The van der Waals surface area contributed by atoms with Crippen LogP contribution in [-0.4, -0.2) is 12.1 Å². The molecule has 2 aromatic carbocycles. The van der Waals surface area contributed by atoms with Gasteiger partial charge in [0.05, 0.1) is 12.6 Å². The zero-order chi connectivity index (χ0) is 17.5. The van der Waals surface area contributed by atoms with Crippen LogP contribution in [0.2, 0.25) is 0 Å². The van der Waals surface area contributed by atoms with E-state index in [1.165, 1.54) is 19.2 Å². The molecule has 0 amide bonds. The highest BCUT2D eigenvalue weighted by Gasteiger charge is 2.38. The van der Waals surface area contributed by atoms with Gasteiger partial charge in [-0.15, -0.1) is 0 Å². The van der Waals surface area contributed by atoms with Crippen molar-refractivity contribution < 1.29 is 22.3 Å². The van der Waals surface area contributed by atoms with Crippen molar-refractivity contribution >= 4 is 10.9 Å². The van der Waals surface area contributed by atoms with E-state index >= 15 is 0 Å². The number of rotatable bonds is 2. The molecule has 3 rings (SSSR count). The van der Waals surface area contributed by atoms with Crippen molar-refractivity contribution in [3.8, 4) is 17.0 Å². The fourth-order valence-electron chi connectivity index (χ4n) is 2.53. The summed E-state index contributed by atoms with van der Waals surface area (Å²) in [7, 11) is 1.33. The Morgan fingerprint density at radius 1 is 1.00 bits per heavy atom. The number of nitrogens with zero attached hydrogens (tertiary/aromatic N) is 1. The lowest BCUT2D eigenvalue weighted by Crippen LogP contribution is -2.11. The number of hydrogen-bond acceptors (Lipinski definition) is 2. The first-order valence-corrected chi connectivity index (χ1v) is 7.12. The number of aromatic nitrogens is 1. The second-order valence-electron chi connectivity index (χ2n) is 5.40. The second kappa shape index (κ2) is 5.78. The SMILES string of the molecule is COc1ccc2nc(-c3ccc(C)cc3)c(F)c(C(F)(F)F)c2c1. The average molecular weight is 335 g/mol. The summed E-state index contributed by atoms with van der Waals surface area (Å²) in [4.78, 5) is 4.09. The molecule has 0 aliphatic heterocycles. The van der Waals surface area contributed by atoms with E-state index in [4.69, 9.17) is 4.74 Å². The molecule has 2 nitrogen and oxygen atoms in total. The van der Waals surface area contributed by atoms with Gasteiger partial charge in [0.25, 0.3) is 0 Å². The van der Waals surface area contributed by atoms with E-state index in [9.17, 15) is 17.6 Å². The summed E-state index contributed by atoms with van der Waals surface area (Å²) in [5.74, 6) is -1.18. The Bertz CT molecular complexity index is 902. The number of fused-ring (bicyclic) bond motifs is 1. The number of ether oxygens (including phenoxy) is 1. The van der Waals surface area contributed by atoms with Crippen molar-refractivity contribution in [2.75, 3.05) is 7.11 Å². The normalized spacial score (nSPS) is 11.8. The van der Waals surface area contributed by atoms with Gasteiger partial charge in [-0.25, -0.2) is 9.37 Å². The molecule has 0 aliphatic rings. The third kappa shape index (κ3) is 2.79. The summed E-state index contributed by atoms with van der Waals surface area (Å²) < 4.78 is 60.0. The van der Waals surface area contributed by atoms with Gasteiger partial charge in [0.1, 0.15) is 17.0 Å². The highest BCUT2D eigenvalue weighted by molar-refractivity contribution is 5.87. The Balaban J connectivity index is 2.37. The molecule has 0 N–H and O–H groups in total. The van der Waals surface area contributed by atoms with Crippen LogP contribution in [-0.2, 0) is 6.18 Å². The molecule has 0 unspecified atom stereocenters. The van der Waals surface area contributed by atoms with Crippen molar-refractivity contribution in [3.05, 3.63) is 59.4 Å². The third-order valence-corrected chi connectivity index (χ3v) is 3.74. The zero-order valence-electron chi connectivity index (χ0n) is 12.9. The van der Waals surface area contributed by atoms with Crippen LogP contribution in [0.5, 0.6) is 5.75 Å². The quantitative estimate of drug-likeness (QED) is 0.587. The average Bonchev–Trinajstić information content (AvgIpc) is 2.53. The molecule has 0 bridgehead atoms. The molecule has 1 aromatic heterocycles. The van der Waals surface area contributed by atoms with Crippen LogP contribution in [0.1, 0.15) is 11.1 Å². The summed E-state index contributed by atoms with van der Waals surface area (Å²) in [5, 5.41) is -0.324. The second-order valence-corrected chi connectivity index (χ2v) is 5.40. The fraction of sp³-hybridized carbons (Fsp3) is 0.167. The van der Waals surface area contributed by atoms with Gasteiger partial charge < -0.3 is 4.74 Å². The van der Waals surface area contributed by atoms with Gasteiger partial charge >= 0.3 is 6.18 Å². The first kappa shape index (κ1) is 16.2. The number of methoxy groups -OCH3 is 1. The summed E-state index contributed by atoms with van der Waals surface area (Å²) in [6.07, 6.45) is -4.85. The predicted molar refractivity (Wildman–Crippen MR) is 83.4 cm³/mol. The van der Waals surface area contributed by atoms with Crippen molar-refractivity contribution in [2.45, 2.75) is 13.1 Å². The number of benzene rings is 2. The fourth-order valence-corrected chi connectivity index (χ4v) is 2.53. The Kier molecular flexibility index (Phi) is 3.91. The van der Waals surface area contributed by atoms with E-state index in [1.54, 1.807) is 24.3 Å². The molecule has 6 heteroatoms. The molecule has 0 aliphatic carbocycles. The molecule has 0 radical (unpaired) electrons. The van der Waals surface area contributed by atoms with E-state index in [1.807, 2.05) is 6.92 Å². The van der Waals surface area contributed by atoms with Crippen molar-refractivity contribution in [1.29, 1.82) is 0 Å². The van der Waals surface area contributed by atoms with Gasteiger partial charge in [-0.05, 0) is 25.1 Å². The van der Waals surface area contributed by atoms with Crippen LogP contribution in [0, 0.1) is 12.7 Å². The van der Waals surface area contributed by atoms with Crippen LogP contribution >= 0.6 is 0 Å². The van der Waals surface area contributed by atoms with Crippen molar-refractivity contribution in [2.24, 2.45) is 0 Å². The van der Waals surface area contributed by atoms with Crippen LogP contribution in [0.4, 0.5) is 17.6 Å². The zero-order valence-corrected chi connectivity index (χ0v) is 12.9. The Morgan fingerprint density at radius 3 is 2.25 bits per heavy atom. The van der Waals surface area contributed by atoms with E-state index in [0.29, 0.717) is 5.56 Å². The number of pyridine rings is 1. The first-order valence-electron chi connectivity index (χ1n) is 7.12. The van der Waals surface area contributed by atoms with E-state index in [2.05, 4.69) is 4.98 Å². The lowest BCUT2D eigenvalue weighted by molar-refractivity contribution is -0.138. The summed E-state index contributed by atoms with van der Waals surface area (Å²) in [6.45, 7) is 1.83. The Labute approximate surface area is 135 Å². The number of halogens is 4. The van der Waals surface area contributed by atoms with Gasteiger partial charge in [0.15, 0.2) is 5.82 Å². The van der Waals surface area contributed by atoms with Crippen molar-refractivity contribution in [3.63, 3.8) is 0 Å². The third-order valence-electron chi connectivity index (χ3n) is 3.74. The van der Waals surface area contributed by atoms with Crippen LogP contribution < -0.4 is 4.74 Å². The lowest BCUT2D eigenvalue weighted by atomic mass is 10.0. The molecule has 3 aromatic rings. The summed E-state index contributed by atoms with van der Waals surface area (Å²) >= 11 is 0. The van der Waals surface area contributed by atoms with Crippen molar-refractivity contribution in [1.82, 2.24) is 4.98 Å². The molecule has 0 spiro atoms. The topological polar surface area (TPSA) is 22.1 Å². The molecule has 1 heterocycles. The maximum atomic E-state index is 14.7. The van der Waals surface area contributed by atoms with Gasteiger partial charge in [0, 0.05) is 10.9 Å². The molecule has 0 atom stereocenters. The highest BCUT2D eigenvalue weighted by Crippen LogP contribution is 2.40. The minimum Gasteiger partial charge on any atom is -0.497 e. The Hall–Kier alpha value is -2.63. The lowest BCUT2D eigenvalue weighted by Gasteiger charge is -2.15. The first-order chi connectivity index (χ1) is 11.3. The van der Waals surface area contributed by atoms with Gasteiger partial charge in [-0.3, -0.25) is 0 Å². The van der Waals surface area contributed by atoms with Gasteiger partial charge in [-0.2, -0.15) is 13.2 Å². The number of hydrogen-bond donors (Lipinski definition) is 0. The minimum absolute atomic E-state index is 0.0556. The molecule has 0 saturated carbocycles. The standard InChI is InChI=1S/C18H13F4NO/c1-10-3-5-11(6-4-10)17-16(19)15(18(20,21)22)13-9-12(24-2)7-8-14(13)23-17/h3-9H,1-2H3. The molecule has 24 heavy (non-hydrogen) atoms. The van der Waals surface area contributed by atoms with E-state index in [0.717, 1.165) is 11.6 Å². The maximum Gasteiger partial charge on any atom is 0.419 e. The number of alkyl halides is 3. The van der Waals surface area contributed by atoms with Gasteiger partial charge in [-0.1, -0.05) is 29.8 Å². The molecule has 124 valence electrons. The Morgan fingerprint density at radius 2 is 1.67 bits per heavy atom. The molecule has 0 saturated heterocycles. The number of aryl methyl sites for hydroxylation is 1. The highest BCUT2D eigenvalue weighted by atomic mass is 19.4. The van der Waals surface area contributed by atoms with Crippen LogP contribution in [0.3, 0.4) is 0 Å². The smallest absolute Gasteiger partial charge is 0.419 e. The molecular formula is C18H13F4NO.